The molecule has 0 amide bonds. The van der Waals surface area contributed by atoms with Crippen molar-refractivity contribution in [2.45, 2.75) is 0 Å². The zero-order chi connectivity index (χ0) is 11.5. The minimum Gasteiger partial charge on any atom is -0.472 e. The van der Waals surface area contributed by atoms with Crippen molar-refractivity contribution in [3.05, 3.63) is 47.0 Å². The fourth-order valence-electron chi connectivity index (χ4n) is 1.52. The summed E-state index contributed by atoms with van der Waals surface area (Å²) in [6.07, 6.45) is 0. The number of halogens is 1. The van der Waals surface area contributed by atoms with Gasteiger partial charge in [-0.15, -0.1) is 0 Å². The summed E-state index contributed by atoms with van der Waals surface area (Å²) < 4.78 is 0. The van der Waals surface area contributed by atoms with Crippen LogP contribution >= 0.6 is 11.6 Å². The third-order valence-corrected chi connectivity index (χ3v) is 2.47. The maximum absolute atomic E-state index is 10.4. The van der Waals surface area contributed by atoms with Crippen molar-refractivity contribution in [2.75, 3.05) is 0 Å². The van der Waals surface area contributed by atoms with E-state index >= 15 is 0 Å². The molecule has 0 aromatic heterocycles. The minimum atomic E-state index is -1.15. The molecule has 0 fully saturated rings. The van der Waals surface area contributed by atoms with Crippen LogP contribution in [0.1, 0.15) is 5.56 Å². The maximum atomic E-state index is 10.4. The van der Waals surface area contributed by atoms with Crippen LogP contribution in [-0.4, -0.2) is 11.1 Å². The van der Waals surface area contributed by atoms with Gasteiger partial charge < -0.3 is 5.11 Å². The Labute approximate surface area is 97.5 Å². The average molecular weight is 231 g/mol. The van der Waals surface area contributed by atoms with Gasteiger partial charge in [-0.05, 0) is 17.5 Å². The summed E-state index contributed by atoms with van der Waals surface area (Å²) in [5, 5.41) is 10.8. The highest BCUT2D eigenvalue weighted by Crippen LogP contribution is 2.26. The number of carboxylic acids is 1. The van der Waals surface area contributed by atoms with E-state index in [2.05, 4.69) is 11.8 Å². The zero-order valence-corrected chi connectivity index (χ0v) is 8.95. The van der Waals surface area contributed by atoms with Gasteiger partial charge >= 0.3 is 5.97 Å². The summed E-state index contributed by atoms with van der Waals surface area (Å²) in [6.45, 7) is 0. The molecule has 2 aromatic carbocycles. The molecule has 2 aromatic rings. The quantitative estimate of drug-likeness (QED) is 0.707. The van der Waals surface area contributed by atoms with Crippen molar-refractivity contribution in [1.29, 1.82) is 0 Å². The summed E-state index contributed by atoms with van der Waals surface area (Å²) >= 11 is 6.06. The molecule has 2 rings (SSSR count). The Bertz CT molecular complexity index is 615. The van der Waals surface area contributed by atoms with Crippen molar-refractivity contribution < 1.29 is 9.90 Å². The third kappa shape index (κ3) is 2.00. The molecule has 0 heterocycles. The fourth-order valence-corrected chi connectivity index (χ4v) is 1.80. The van der Waals surface area contributed by atoms with Crippen LogP contribution in [0.2, 0.25) is 5.02 Å². The van der Waals surface area contributed by atoms with Crippen molar-refractivity contribution in [1.82, 2.24) is 0 Å². The average Bonchev–Trinajstić information content (AvgIpc) is 2.26. The van der Waals surface area contributed by atoms with Gasteiger partial charge in [0, 0.05) is 21.9 Å². The molecule has 0 unspecified atom stereocenters. The number of fused-ring (bicyclic) bond motifs is 1. The maximum Gasteiger partial charge on any atom is 0.382 e. The molecule has 0 aliphatic rings. The van der Waals surface area contributed by atoms with E-state index in [0.29, 0.717) is 10.6 Å². The molecule has 0 radical (unpaired) electrons. The van der Waals surface area contributed by atoms with Crippen LogP contribution in [0.25, 0.3) is 10.8 Å². The van der Waals surface area contributed by atoms with Gasteiger partial charge in [0.1, 0.15) is 0 Å². The number of aliphatic carboxylic acids is 1. The first-order chi connectivity index (χ1) is 7.68. The lowest BCUT2D eigenvalue weighted by atomic mass is 10.0. The van der Waals surface area contributed by atoms with Gasteiger partial charge in [0.25, 0.3) is 0 Å². The van der Waals surface area contributed by atoms with E-state index in [1.807, 2.05) is 24.3 Å². The van der Waals surface area contributed by atoms with Crippen LogP contribution in [0.15, 0.2) is 36.4 Å². The molecule has 0 aliphatic heterocycles. The smallest absolute Gasteiger partial charge is 0.382 e. The summed E-state index contributed by atoms with van der Waals surface area (Å²) in [5.74, 6) is 3.53. The van der Waals surface area contributed by atoms with Gasteiger partial charge in [0.2, 0.25) is 0 Å². The van der Waals surface area contributed by atoms with Gasteiger partial charge in [-0.1, -0.05) is 41.8 Å². The van der Waals surface area contributed by atoms with E-state index in [0.717, 1.165) is 10.8 Å². The molecule has 0 bridgehead atoms. The van der Waals surface area contributed by atoms with Gasteiger partial charge in [-0.25, -0.2) is 4.79 Å². The fraction of sp³-hybridized carbons (Fsp3) is 0. The zero-order valence-electron chi connectivity index (χ0n) is 8.20. The van der Waals surface area contributed by atoms with E-state index in [1.165, 1.54) is 0 Å². The molecule has 78 valence electrons. The summed E-state index contributed by atoms with van der Waals surface area (Å²) in [6, 6.07) is 11.0. The van der Waals surface area contributed by atoms with Crippen LogP contribution in [0, 0.1) is 11.8 Å². The van der Waals surface area contributed by atoms with Crippen LogP contribution in [0.4, 0.5) is 0 Å². The summed E-state index contributed by atoms with van der Waals surface area (Å²) in [5.41, 5.74) is 0.630. The molecule has 0 aliphatic carbocycles. The number of hydrogen-bond acceptors (Lipinski definition) is 1. The molecular formula is C13H7ClO2. The largest absolute Gasteiger partial charge is 0.472 e. The molecular weight excluding hydrogens is 224 g/mol. The second kappa shape index (κ2) is 4.26. The van der Waals surface area contributed by atoms with Crippen molar-refractivity contribution in [3.63, 3.8) is 0 Å². The van der Waals surface area contributed by atoms with Crippen molar-refractivity contribution in [2.24, 2.45) is 0 Å². The lowest BCUT2D eigenvalue weighted by Crippen LogP contribution is -1.88. The first-order valence-electron chi connectivity index (χ1n) is 4.60. The highest BCUT2D eigenvalue weighted by Gasteiger charge is 2.02. The summed E-state index contributed by atoms with van der Waals surface area (Å²) in [7, 11) is 0. The number of carboxylic acid groups (broad SMARTS) is 1. The van der Waals surface area contributed by atoms with E-state index in [9.17, 15) is 4.79 Å². The molecule has 3 heteroatoms. The predicted molar refractivity (Wildman–Crippen MR) is 63.5 cm³/mol. The van der Waals surface area contributed by atoms with Crippen LogP contribution in [-0.2, 0) is 4.79 Å². The standard InChI is InChI=1S/C13H7ClO2/c14-11-6-2-5-9-3-1-4-10(13(9)11)7-8-12(15)16/h1-6H,(H,15,16). The lowest BCUT2D eigenvalue weighted by Gasteiger charge is -2.02. The lowest BCUT2D eigenvalue weighted by molar-refractivity contribution is -0.130. The topological polar surface area (TPSA) is 37.3 Å². The first kappa shape index (κ1) is 10.5. The minimum absolute atomic E-state index is 0.577. The van der Waals surface area contributed by atoms with Crippen LogP contribution < -0.4 is 0 Å². The Balaban J connectivity index is 2.72. The van der Waals surface area contributed by atoms with E-state index < -0.39 is 5.97 Å². The molecule has 0 saturated carbocycles. The number of carbonyl (C=O) groups is 1. The Morgan fingerprint density at radius 1 is 1.19 bits per heavy atom. The second-order valence-corrected chi connectivity index (χ2v) is 3.61. The first-order valence-corrected chi connectivity index (χ1v) is 4.98. The Morgan fingerprint density at radius 2 is 1.88 bits per heavy atom. The molecule has 0 saturated heterocycles. The van der Waals surface area contributed by atoms with Gasteiger partial charge in [0.15, 0.2) is 0 Å². The Kier molecular flexibility index (Phi) is 2.80. The van der Waals surface area contributed by atoms with Crippen molar-refractivity contribution in [3.8, 4) is 11.8 Å². The number of hydrogen-bond donors (Lipinski definition) is 1. The molecule has 16 heavy (non-hydrogen) atoms. The highest BCUT2D eigenvalue weighted by molar-refractivity contribution is 6.36. The monoisotopic (exact) mass is 230 g/mol. The summed E-state index contributed by atoms with van der Waals surface area (Å²) in [4.78, 5) is 10.4. The van der Waals surface area contributed by atoms with E-state index in [4.69, 9.17) is 16.7 Å². The molecule has 2 nitrogen and oxygen atoms in total. The Hall–Kier alpha value is -1.98. The highest BCUT2D eigenvalue weighted by atomic mass is 35.5. The normalized spacial score (nSPS) is 9.56. The van der Waals surface area contributed by atoms with Crippen LogP contribution in [0.5, 0.6) is 0 Å². The van der Waals surface area contributed by atoms with Crippen LogP contribution in [0.3, 0.4) is 0 Å². The van der Waals surface area contributed by atoms with E-state index in [-0.39, 0.29) is 0 Å². The second-order valence-electron chi connectivity index (χ2n) is 3.20. The van der Waals surface area contributed by atoms with Crippen molar-refractivity contribution >= 4 is 28.3 Å². The van der Waals surface area contributed by atoms with Gasteiger partial charge in [0.05, 0.1) is 0 Å². The molecule has 1 N–H and O–H groups in total. The SMILES string of the molecule is O=C(O)C#Cc1cccc2cccc(Cl)c12. The third-order valence-electron chi connectivity index (χ3n) is 2.16. The number of benzene rings is 2. The van der Waals surface area contributed by atoms with Gasteiger partial charge in [-0.2, -0.15) is 0 Å². The van der Waals surface area contributed by atoms with Gasteiger partial charge in [-0.3, -0.25) is 0 Å². The Morgan fingerprint density at radius 3 is 2.56 bits per heavy atom. The predicted octanol–water partition coefficient (Wildman–Crippen LogP) is 2.93. The van der Waals surface area contributed by atoms with E-state index in [1.54, 1.807) is 12.1 Å². The molecule has 0 atom stereocenters. The molecule has 0 spiro atoms. The number of rotatable bonds is 0.